The first kappa shape index (κ1) is 11.9. The van der Waals surface area contributed by atoms with Gasteiger partial charge in [0.2, 0.25) is 5.91 Å². The van der Waals surface area contributed by atoms with Crippen molar-refractivity contribution < 1.29 is 4.79 Å². The third-order valence-corrected chi connectivity index (χ3v) is 3.05. The quantitative estimate of drug-likeness (QED) is 0.866. The Morgan fingerprint density at radius 3 is 2.88 bits per heavy atom. The molecule has 0 spiro atoms. The maximum absolute atomic E-state index is 11.9. The number of hydrogen-bond acceptors (Lipinski definition) is 3. The van der Waals surface area contributed by atoms with Crippen LogP contribution in [0.3, 0.4) is 0 Å². The molecule has 0 unspecified atom stereocenters. The fourth-order valence-electron chi connectivity index (χ4n) is 2.09. The van der Waals surface area contributed by atoms with Gasteiger partial charge in [-0.15, -0.1) is 0 Å². The second-order valence-corrected chi connectivity index (χ2v) is 4.48. The highest BCUT2D eigenvalue weighted by Gasteiger charge is 2.15. The monoisotopic (exact) mass is 233 g/mol. The molecular formula is C13H19N3O. The van der Waals surface area contributed by atoms with Crippen molar-refractivity contribution in [3.8, 4) is 0 Å². The summed E-state index contributed by atoms with van der Waals surface area (Å²) in [4.78, 5) is 18.0. The molecule has 0 aromatic carbocycles. The number of aromatic nitrogens is 1. The number of piperidine rings is 1. The van der Waals surface area contributed by atoms with E-state index in [0.29, 0.717) is 6.54 Å². The van der Waals surface area contributed by atoms with Gasteiger partial charge in [0, 0.05) is 30.7 Å². The Kier molecular flexibility index (Phi) is 3.96. The number of nitrogens with zero attached hydrogens (tertiary/aromatic N) is 2. The molecule has 1 aromatic heterocycles. The minimum atomic E-state index is 0.194. The molecule has 2 heterocycles. The van der Waals surface area contributed by atoms with E-state index < -0.39 is 0 Å². The fraction of sp³-hybridized carbons (Fsp3) is 0.538. The fourth-order valence-corrected chi connectivity index (χ4v) is 2.09. The average molecular weight is 233 g/mol. The van der Waals surface area contributed by atoms with E-state index in [1.807, 2.05) is 24.0 Å². The molecule has 1 amide bonds. The number of rotatable bonds is 3. The molecule has 0 aliphatic carbocycles. The van der Waals surface area contributed by atoms with Crippen LogP contribution in [0.5, 0.6) is 0 Å². The predicted octanol–water partition coefficient (Wildman–Crippen LogP) is 1.81. The smallest absolute Gasteiger partial charge is 0.241 e. The summed E-state index contributed by atoms with van der Waals surface area (Å²) >= 11 is 0. The number of hydrogen-bond donors (Lipinski definition) is 1. The predicted molar refractivity (Wildman–Crippen MR) is 67.9 cm³/mol. The van der Waals surface area contributed by atoms with E-state index in [9.17, 15) is 4.79 Å². The van der Waals surface area contributed by atoms with Gasteiger partial charge in [-0.05, 0) is 38.3 Å². The van der Waals surface area contributed by atoms with Crippen molar-refractivity contribution in [1.82, 2.24) is 9.88 Å². The molecule has 0 bridgehead atoms. The third-order valence-electron chi connectivity index (χ3n) is 3.05. The Hall–Kier alpha value is -1.58. The summed E-state index contributed by atoms with van der Waals surface area (Å²) in [5.74, 6) is 0.194. The average Bonchev–Trinajstić information content (AvgIpc) is 2.37. The van der Waals surface area contributed by atoms with Gasteiger partial charge in [0.1, 0.15) is 0 Å². The standard InChI is InChI=1S/C13H19N3O/c1-11-9-12(5-6-14-11)15-10-13(17)16-7-3-2-4-8-16/h5-6,9H,2-4,7-8,10H2,1H3,(H,14,15). The third kappa shape index (κ3) is 3.44. The Labute approximate surface area is 102 Å². The van der Waals surface area contributed by atoms with Crippen LogP contribution in [0, 0.1) is 6.92 Å². The number of carbonyl (C=O) groups is 1. The highest BCUT2D eigenvalue weighted by molar-refractivity contribution is 5.80. The molecule has 17 heavy (non-hydrogen) atoms. The second-order valence-electron chi connectivity index (χ2n) is 4.48. The summed E-state index contributed by atoms with van der Waals surface area (Å²) in [7, 11) is 0. The van der Waals surface area contributed by atoms with Crippen molar-refractivity contribution in [2.75, 3.05) is 25.0 Å². The molecule has 92 valence electrons. The van der Waals surface area contributed by atoms with Gasteiger partial charge < -0.3 is 10.2 Å². The zero-order chi connectivity index (χ0) is 12.1. The first-order valence-electron chi connectivity index (χ1n) is 6.20. The van der Waals surface area contributed by atoms with Crippen molar-refractivity contribution in [3.63, 3.8) is 0 Å². The van der Waals surface area contributed by atoms with E-state index in [1.54, 1.807) is 6.20 Å². The zero-order valence-corrected chi connectivity index (χ0v) is 10.3. The molecular weight excluding hydrogens is 214 g/mol. The lowest BCUT2D eigenvalue weighted by Crippen LogP contribution is -2.39. The van der Waals surface area contributed by atoms with Gasteiger partial charge in [0.05, 0.1) is 6.54 Å². The molecule has 1 saturated heterocycles. The Balaban J connectivity index is 1.83. The molecule has 0 radical (unpaired) electrons. The number of anilines is 1. The van der Waals surface area contributed by atoms with Gasteiger partial charge in [-0.2, -0.15) is 0 Å². The van der Waals surface area contributed by atoms with Crippen LogP contribution in [0.1, 0.15) is 25.0 Å². The van der Waals surface area contributed by atoms with E-state index in [2.05, 4.69) is 10.3 Å². The van der Waals surface area contributed by atoms with Crippen LogP contribution in [0.15, 0.2) is 18.3 Å². The minimum Gasteiger partial charge on any atom is -0.376 e. The van der Waals surface area contributed by atoms with Crippen molar-refractivity contribution in [2.24, 2.45) is 0 Å². The molecule has 0 saturated carbocycles. The molecule has 4 heteroatoms. The van der Waals surface area contributed by atoms with Crippen molar-refractivity contribution >= 4 is 11.6 Å². The van der Waals surface area contributed by atoms with Crippen LogP contribution in [-0.2, 0) is 4.79 Å². The largest absolute Gasteiger partial charge is 0.376 e. The van der Waals surface area contributed by atoms with Crippen LogP contribution in [0.2, 0.25) is 0 Å². The van der Waals surface area contributed by atoms with E-state index in [-0.39, 0.29) is 5.91 Å². The summed E-state index contributed by atoms with van der Waals surface area (Å²) in [6.07, 6.45) is 5.28. The van der Waals surface area contributed by atoms with Crippen LogP contribution >= 0.6 is 0 Å². The van der Waals surface area contributed by atoms with Crippen molar-refractivity contribution in [3.05, 3.63) is 24.0 Å². The number of aryl methyl sites for hydroxylation is 1. The van der Waals surface area contributed by atoms with Gasteiger partial charge in [0.15, 0.2) is 0 Å². The maximum Gasteiger partial charge on any atom is 0.241 e. The van der Waals surface area contributed by atoms with E-state index in [4.69, 9.17) is 0 Å². The van der Waals surface area contributed by atoms with Crippen LogP contribution < -0.4 is 5.32 Å². The normalized spacial score (nSPS) is 15.7. The summed E-state index contributed by atoms with van der Waals surface area (Å²) in [6.45, 7) is 4.15. The van der Waals surface area contributed by atoms with Gasteiger partial charge >= 0.3 is 0 Å². The van der Waals surface area contributed by atoms with Gasteiger partial charge in [-0.3, -0.25) is 9.78 Å². The number of pyridine rings is 1. The van der Waals surface area contributed by atoms with Crippen LogP contribution in [-0.4, -0.2) is 35.4 Å². The van der Waals surface area contributed by atoms with Crippen LogP contribution in [0.25, 0.3) is 0 Å². The molecule has 4 nitrogen and oxygen atoms in total. The minimum absolute atomic E-state index is 0.194. The van der Waals surface area contributed by atoms with Gasteiger partial charge in [-0.1, -0.05) is 0 Å². The molecule has 1 aliphatic heterocycles. The zero-order valence-electron chi connectivity index (χ0n) is 10.3. The summed E-state index contributed by atoms with van der Waals surface area (Å²) in [5, 5.41) is 3.15. The maximum atomic E-state index is 11.9. The summed E-state index contributed by atoms with van der Waals surface area (Å²) < 4.78 is 0. The Bertz CT molecular complexity index is 386. The van der Waals surface area contributed by atoms with Crippen molar-refractivity contribution in [2.45, 2.75) is 26.2 Å². The van der Waals surface area contributed by atoms with E-state index in [0.717, 1.165) is 37.3 Å². The highest BCUT2D eigenvalue weighted by atomic mass is 16.2. The Morgan fingerprint density at radius 2 is 2.18 bits per heavy atom. The topological polar surface area (TPSA) is 45.2 Å². The van der Waals surface area contributed by atoms with Gasteiger partial charge in [-0.25, -0.2) is 0 Å². The van der Waals surface area contributed by atoms with E-state index in [1.165, 1.54) is 6.42 Å². The molecule has 2 rings (SSSR count). The lowest BCUT2D eigenvalue weighted by molar-refractivity contribution is -0.130. The lowest BCUT2D eigenvalue weighted by Gasteiger charge is -2.26. The number of nitrogens with one attached hydrogen (secondary N) is 1. The summed E-state index contributed by atoms with van der Waals surface area (Å²) in [5.41, 5.74) is 1.92. The first-order chi connectivity index (χ1) is 8.25. The Morgan fingerprint density at radius 1 is 1.41 bits per heavy atom. The number of carbonyl (C=O) groups excluding carboxylic acids is 1. The molecule has 1 aromatic rings. The molecule has 0 atom stereocenters. The van der Waals surface area contributed by atoms with Crippen LogP contribution in [0.4, 0.5) is 5.69 Å². The van der Waals surface area contributed by atoms with Crippen molar-refractivity contribution in [1.29, 1.82) is 0 Å². The highest BCUT2D eigenvalue weighted by Crippen LogP contribution is 2.10. The SMILES string of the molecule is Cc1cc(NCC(=O)N2CCCCC2)ccn1. The number of likely N-dealkylation sites (tertiary alicyclic amines) is 1. The molecule has 1 N–H and O–H groups in total. The molecule has 1 fully saturated rings. The van der Waals surface area contributed by atoms with Gasteiger partial charge in [0.25, 0.3) is 0 Å². The van der Waals surface area contributed by atoms with E-state index >= 15 is 0 Å². The molecule has 1 aliphatic rings. The second kappa shape index (κ2) is 5.66. The first-order valence-corrected chi connectivity index (χ1v) is 6.20. The number of amides is 1. The lowest BCUT2D eigenvalue weighted by atomic mass is 10.1. The summed E-state index contributed by atoms with van der Waals surface area (Å²) in [6, 6.07) is 3.83.